The van der Waals surface area contributed by atoms with Gasteiger partial charge in [0.25, 0.3) is 0 Å². The van der Waals surface area contributed by atoms with Crippen molar-refractivity contribution in [2.75, 3.05) is 41.0 Å². The van der Waals surface area contributed by atoms with Crippen molar-refractivity contribution in [3.05, 3.63) is 53.6 Å². The maximum atomic E-state index is 12.3. The van der Waals surface area contributed by atoms with E-state index >= 15 is 0 Å². The Bertz CT molecular complexity index is 805. The van der Waals surface area contributed by atoms with Crippen LogP contribution in [0.25, 0.3) is 0 Å². The highest BCUT2D eigenvalue weighted by molar-refractivity contribution is 5.75. The third-order valence-electron chi connectivity index (χ3n) is 5.09. The summed E-state index contributed by atoms with van der Waals surface area (Å²) in [6, 6.07) is 14.1. The van der Waals surface area contributed by atoms with Crippen molar-refractivity contribution >= 4 is 5.91 Å². The molecular weight excluding hydrogens is 368 g/mol. The van der Waals surface area contributed by atoms with Gasteiger partial charge in [-0.3, -0.25) is 4.79 Å². The van der Waals surface area contributed by atoms with Crippen LogP contribution in [0.2, 0.25) is 0 Å². The van der Waals surface area contributed by atoms with Crippen LogP contribution >= 0.6 is 0 Å². The molecule has 0 aromatic heterocycles. The fourth-order valence-corrected chi connectivity index (χ4v) is 3.42. The number of benzene rings is 2. The Kier molecular flexibility index (Phi) is 7.36. The lowest BCUT2D eigenvalue weighted by atomic mass is 10.1. The minimum atomic E-state index is 0.0721. The number of likely N-dealkylation sites (N-methyl/N-ethyl adjacent to an activating group) is 1. The van der Waals surface area contributed by atoms with Crippen LogP contribution in [-0.4, -0.2) is 51.8 Å². The van der Waals surface area contributed by atoms with E-state index < -0.39 is 0 Å². The van der Waals surface area contributed by atoms with Crippen molar-refractivity contribution in [2.24, 2.45) is 0 Å². The largest absolute Gasteiger partial charge is 0.497 e. The molecule has 156 valence electrons. The molecule has 1 aliphatic heterocycles. The molecule has 29 heavy (non-hydrogen) atoms. The van der Waals surface area contributed by atoms with Gasteiger partial charge in [-0.2, -0.15) is 0 Å². The maximum absolute atomic E-state index is 12.3. The fraction of sp³-hybridized carbons (Fsp3) is 0.435. The number of nitrogens with one attached hydrogen (secondary N) is 1. The van der Waals surface area contributed by atoms with E-state index in [0.29, 0.717) is 26.2 Å². The molecule has 0 aliphatic carbocycles. The molecule has 1 N–H and O–H groups in total. The van der Waals surface area contributed by atoms with Crippen LogP contribution in [0.1, 0.15) is 30.0 Å². The second-order valence-corrected chi connectivity index (χ2v) is 7.39. The van der Waals surface area contributed by atoms with E-state index in [1.165, 1.54) is 0 Å². The summed E-state index contributed by atoms with van der Waals surface area (Å²) < 4.78 is 16.4. The van der Waals surface area contributed by atoms with Gasteiger partial charge in [0, 0.05) is 13.0 Å². The van der Waals surface area contributed by atoms with Crippen LogP contribution in [0.15, 0.2) is 42.5 Å². The summed E-state index contributed by atoms with van der Waals surface area (Å²) >= 11 is 0. The first-order valence-corrected chi connectivity index (χ1v) is 10.0. The number of rotatable bonds is 9. The normalized spacial score (nSPS) is 13.8. The second kappa shape index (κ2) is 10.2. The number of methoxy groups -OCH3 is 1. The summed E-state index contributed by atoms with van der Waals surface area (Å²) in [5.41, 5.74) is 2.30. The maximum Gasteiger partial charge on any atom is 0.220 e. The SMILES string of the molecule is COc1ccc(C(CNC(=O)CCCc2ccc3c(c2)OCCO3)N(C)C)cc1. The Labute approximate surface area is 172 Å². The predicted octanol–water partition coefficient (Wildman–Crippen LogP) is 3.21. The molecule has 6 nitrogen and oxygen atoms in total. The van der Waals surface area contributed by atoms with E-state index in [1.54, 1.807) is 7.11 Å². The number of hydrogen-bond acceptors (Lipinski definition) is 5. The molecule has 1 heterocycles. The number of carbonyl (C=O) groups is 1. The Morgan fingerprint density at radius 2 is 1.83 bits per heavy atom. The molecule has 0 spiro atoms. The van der Waals surface area contributed by atoms with Gasteiger partial charge in [-0.15, -0.1) is 0 Å². The van der Waals surface area contributed by atoms with Crippen LogP contribution in [0.4, 0.5) is 0 Å². The zero-order valence-electron chi connectivity index (χ0n) is 17.4. The number of hydrogen-bond donors (Lipinski definition) is 1. The van der Waals surface area contributed by atoms with Crippen LogP contribution < -0.4 is 19.5 Å². The van der Waals surface area contributed by atoms with Crippen LogP contribution in [0.5, 0.6) is 17.2 Å². The number of fused-ring (bicyclic) bond motifs is 1. The van der Waals surface area contributed by atoms with Gasteiger partial charge >= 0.3 is 0 Å². The first-order chi connectivity index (χ1) is 14.1. The fourth-order valence-electron chi connectivity index (χ4n) is 3.42. The number of amides is 1. The lowest BCUT2D eigenvalue weighted by Gasteiger charge is -2.25. The third kappa shape index (κ3) is 5.87. The lowest BCUT2D eigenvalue weighted by molar-refractivity contribution is -0.121. The molecule has 1 aliphatic rings. The standard InChI is InChI=1S/C23H30N2O4/c1-25(2)20(18-8-10-19(27-3)11-9-18)16-24-23(26)6-4-5-17-7-12-21-22(15-17)29-14-13-28-21/h7-12,15,20H,4-6,13-14,16H2,1-3H3,(H,24,26). The van der Waals surface area contributed by atoms with E-state index in [-0.39, 0.29) is 11.9 Å². The molecular formula is C23H30N2O4. The Hall–Kier alpha value is -2.73. The zero-order chi connectivity index (χ0) is 20.6. The molecule has 0 bridgehead atoms. The van der Waals surface area contributed by atoms with Gasteiger partial charge in [-0.25, -0.2) is 0 Å². The summed E-state index contributed by atoms with van der Waals surface area (Å²) in [6.45, 7) is 1.75. The van der Waals surface area contributed by atoms with Gasteiger partial charge in [-0.1, -0.05) is 18.2 Å². The molecule has 6 heteroatoms. The summed E-state index contributed by atoms with van der Waals surface area (Å²) in [6.07, 6.45) is 2.12. The third-order valence-corrected chi connectivity index (χ3v) is 5.09. The number of ether oxygens (including phenoxy) is 3. The van der Waals surface area contributed by atoms with Crippen molar-refractivity contribution in [3.8, 4) is 17.2 Å². The zero-order valence-corrected chi connectivity index (χ0v) is 17.4. The first kappa shape index (κ1) is 21.0. The Morgan fingerprint density at radius 3 is 2.52 bits per heavy atom. The van der Waals surface area contributed by atoms with E-state index in [1.807, 2.05) is 56.6 Å². The van der Waals surface area contributed by atoms with Crippen LogP contribution in [0, 0.1) is 0 Å². The molecule has 0 saturated carbocycles. The molecule has 1 amide bonds. The van der Waals surface area contributed by atoms with E-state index in [4.69, 9.17) is 14.2 Å². The van der Waals surface area contributed by atoms with Gasteiger partial charge < -0.3 is 24.4 Å². The molecule has 3 rings (SSSR count). The van der Waals surface area contributed by atoms with Gasteiger partial charge in [0.05, 0.1) is 13.2 Å². The van der Waals surface area contributed by atoms with Crippen molar-refractivity contribution in [3.63, 3.8) is 0 Å². The average molecular weight is 399 g/mol. The Balaban J connectivity index is 1.45. The topological polar surface area (TPSA) is 60.0 Å². The summed E-state index contributed by atoms with van der Waals surface area (Å²) in [4.78, 5) is 14.4. The number of aryl methyl sites for hydroxylation is 1. The highest BCUT2D eigenvalue weighted by Gasteiger charge is 2.16. The minimum Gasteiger partial charge on any atom is -0.497 e. The Morgan fingerprint density at radius 1 is 1.10 bits per heavy atom. The highest BCUT2D eigenvalue weighted by Crippen LogP contribution is 2.31. The smallest absolute Gasteiger partial charge is 0.220 e. The highest BCUT2D eigenvalue weighted by atomic mass is 16.6. The molecule has 0 radical (unpaired) electrons. The van der Waals surface area contributed by atoms with E-state index in [9.17, 15) is 4.79 Å². The molecule has 1 atom stereocenters. The minimum absolute atomic E-state index is 0.0721. The molecule has 1 unspecified atom stereocenters. The van der Waals surface area contributed by atoms with Crippen molar-refractivity contribution in [1.82, 2.24) is 10.2 Å². The van der Waals surface area contributed by atoms with Gasteiger partial charge in [0.1, 0.15) is 19.0 Å². The number of nitrogens with zero attached hydrogens (tertiary/aromatic N) is 1. The predicted molar refractivity (Wildman–Crippen MR) is 113 cm³/mol. The van der Waals surface area contributed by atoms with Gasteiger partial charge in [-0.05, 0) is 62.3 Å². The van der Waals surface area contributed by atoms with Crippen molar-refractivity contribution in [1.29, 1.82) is 0 Å². The first-order valence-electron chi connectivity index (χ1n) is 10.0. The second-order valence-electron chi connectivity index (χ2n) is 7.39. The quantitative estimate of drug-likeness (QED) is 0.703. The van der Waals surface area contributed by atoms with E-state index in [0.717, 1.165) is 41.2 Å². The summed E-state index contributed by atoms with van der Waals surface area (Å²) in [5, 5.41) is 3.07. The van der Waals surface area contributed by atoms with Gasteiger partial charge in [0.2, 0.25) is 5.91 Å². The molecule has 0 fully saturated rings. The van der Waals surface area contributed by atoms with Crippen LogP contribution in [0.3, 0.4) is 0 Å². The van der Waals surface area contributed by atoms with Crippen LogP contribution in [-0.2, 0) is 11.2 Å². The summed E-state index contributed by atoms with van der Waals surface area (Å²) in [5.74, 6) is 2.50. The average Bonchev–Trinajstić information content (AvgIpc) is 2.74. The summed E-state index contributed by atoms with van der Waals surface area (Å²) in [7, 11) is 5.69. The van der Waals surface area contributed by atoms with Gasteiger partial charge in [0.15, 0.2) is 11.5 Å². The van der Waals surface area contributed by atoms with E-state index in [2.05, 4.69) is 10.2 Å². The molecule has 0 saturated heterocycles. The monoisotopic (exact) mass is 398 g/mol. The number of carbonyl (C=O) groups excluding carboxylic acids is 1. The molecule has 2 aromatic rings. The lowest BCUT2D eigenvalue weighted by Crippen LogP contribution is -2.34. The molecule has 2 aromatic carbocycles. The van der Waals surface area contributed by atoms with Crippen molar-refractivity contribution in [2.45, 2.75) is 25.3 Å². The van der Waals surface area contributed by atoms with Crippen molar-refractivity contribution < 1.29 is 19.0 Å².